The minimum Gasteiger partial charge on any atom is -0.340 e. The average Bonchev–Trinajstić information content (AvgIpc) is 2.37. The summed E-state index contributed by atoms with van der Waals surface area (Å²) in [6.07, 6.45) is 3.29. The lowest BCUT2D eigenvalue weighted by Crippen LogP contribution is -2.48. The van der Waals surface area contributed by atoms with Gasteiger partial charge in [-0.3, -0.25) is 4.79 Å². The van der Waals surface area contributed by atoms with Gasteiger partial charge < -0.3 is 10.6 Å². The predicted octanol–water partition coefficient (Wildman–Crippen LogP) is 1.96. The summed E-state index contributed by atoms with van der Waals surface area (Å²) in [5, 5.41) is 0. The second-order valence-electron chi connectivity index (χ2n) is 5.21. The Bertz CT molecular complexity index is 391. The van der Waals surface area contributed by atoms with E-state index < -0.39 is 0 Å². The van der Waals surface area contributed by atoms with Crippen LogP contribution in [0.1, 0.15) is 31.7 Å². The van der Waals surface area contributed by atoms with Crippen molar-refractivity contribution in [1.82, 2.24) is 4.90 Å². The molecule has 0 saturated carbocycles. The van der Waals surface area contributed by atoms with Gasteiger partial charge in [0, 0.05) is 25.0 Å². The Morgan fingerprint density at radius 3 is 2.78 bits per heavy atom. The SMILES string of the molecule is CC1CC(N)CCN1C(=O)CCc1ccccc1. The fourth-order valence-corrected chi connectivity index (χ4v) is 2.62. The van der Waals surface area contributed by atoms with Crippen LogP contribution < -0.4 is 5.73 Å². The van der Waals surface area contributed by atoms with E-state index in [4.69, 9.17) is 5.73 Å². The summed E-state index contributed by atoms with van der Waals surface area (Å²) in [4.78, 5) is 14.2. The molecule has 0 aromatic heterocycles. The van der Waals surface area contributed by atoms with Gasteiger partial charge in [-0.1, -0.05) is 30.3 Å². The maximum Gasteiger partial charge on any atom is 0.223 e. The van der Waals surface area contributed by atoms with Crippen molar-refractivity contribution >= 4 is 5.91 Å². The van der Waals surface area contributed by atoms with Crippen molar-refractivity contribution in [3.63, 3.8) is 0 Å². The summed E-state index contributed by atoms with van der Waals surface area (Å²) in [7, 11) is 0. The fourth-order valence-electron chi connectivity index (χ4n) is 2.62. The predicted molar refractivity (Wildman–Crippen MR) is 73.1 cm³/mol. The monoisotopic (exact) mass is 246 g/mol. The molecular weight excluding hydrogens is 224 g/mol. The average molecular weight is 246 g/mol. The maximum absolute atomic E-state index is 12.2. The normalized spacial score (nSPS) is 24.0. The van der Waals surface area contributed by atoms with E-state index in [1.807, 2.05) is 23.1 Å². The van der Waals surface area contributed by atoms with E-state index in [0.29, 0.717) is 6.42 Å². The Labute approximate surface area is 109 Å². The van der Waals surface area contributed by atoms with E-state index in [-0.39, 0.29) is 18.0 Å². The third-order valence-electron chi connectivity index (χ3n) is 3.71. The van der Waals surface area contributed by atoms with Gasteiger partial charge in [0.25, 0.3) is 0 Å². The molecule has 0 aliphatic carbocycles. The number of hydrogen-bond donors (Lipinski definition) is 1. The molecule has 0 spiro atoms. The summed E-state index contributed by atoms with van der Waals surface area (Å²) in [5.41, 5.74) is 7.14. The quantitative estimate of drug-likeness (QED) is 0.886. The third-order valence-corrected chi connectivity index (χ3v) is 3.71. The number of amides is 1. The van der Waals surface area contributed by atoms with E-state index in [9.17, 15) is 4.79 Å². The lowest BCUT2D eigenvalue weighted by molar-refractivity contribution is -0.134. The molecule has 2 N–H and O–H groups in total. The molecule has 3 heteroatoms. The highest BCUT2D eigenvalue weighted by Gasteiger charge is 2.26. The van der Waals surface area contributed by atoms with Gasteiger partial charge in [0.15, 0.2) is 0 Å². The molecule has 1 amide bonds. The summed E-state index contributed by atoms with van der Waals surface area (Å²) in [5.74, 6) is 0.262. The molecule has 2 rings (SSSR count). The number of carbonyl (C=O) groups excluding carboxylic acids is 1. The molecule has 1 aromatic carbocycles. The Morgan fingerprint density at radius 1 is 1.39 bits per heavy atom. The number of carbonyl (C=O) groups is 1. The van der Waals surface area contributed by atoms with Crippen LogP contribution in [0.4, 0.5) is 0 Å². The highest BCUT2D eigenvalue weighted by Crippen LogP contribution is 2.17. The number of nitrogens with two attached hydrogens (primary N) is 1. The molecule has 1 aliphatic heterocycles. The second-order valence-corrected chi connectivity index (χ2v) is 5.21. The highest BCUT2D eigenvalue weighted by atomic mass is 16.2. The third kappa shape index (κ3) is 3.33. The Hall–Kier alpha value is -1.35. The van der Waals surface area contributed by atoms with Crippen LogP contribution >= 0.6 is 0 Å². The zero-order chi connectivity index (χ0) is 13.0. The van der Waals surface area contributed by atoms with Crippen LogP contribution in [-0.2, 0) is 11.2 Å². The van der Waals surface area contributed by atoms with Crippen LogP contribution in [-0.4, -0.2) is 29.4 Å². The zero-order valence-electron chi connectivity index (χ0n) is 11.0. The number of aryl methyl sites for hydroxylation is 1. The summed E-state index contributed by atoms with van der Waals surface area (Å²) in [6.45, 7) is 2.91. The second kappa shape index (κ2) is 6.01. The van der Waals surface area contributed by atoms with Crippen molar-refractivity contribution in [3.8, 4) is 0 Å². The molecule has 2 unspecified atom stereocenters. The molecule has 98 valence electrons. The fraction of sp³-hybridized carbons (Fsp3) is 0.533. The first kappa shape index (κ1) is 13.1. The van der Waals surface area contributed by atoms with Gasteiger partial charge in [0.1, 0.15) is 0 Å². The van der Waals surface area contributed by atoms with Gasteiger partial charge >= 0.3 is 0 Å². The van der Waals surface area contributed by atoms with Crippen molar-refractivity contribution in [3.05, 3.63) is 35.9 Å². The van der Waals surface area contributed by atoms with E-state index in [0.717, 1.165) is 25.8 Å². The first-order valence-electron chi connectivity index (χ1n) is 6.76. The number of rotatable bonds is 3. The van der Waals surface area contributed by atoms with Gasteiger partial charge in [0.2, 0.25) is 5.91 Å². The Morgan fingerprint density at radius 2 is 2.11 bits per heavy atom. The zero-order valence-corrected chi connectivity index (χ0v) is 11.0. The van der Waals surface area contributed by atoms with Crippen molar-refractivity contribution in [2.45, 2.75) is 44.7 Å². The van der Waals surface area contributed by atoms with Crippen LogP contribution in [0.25, 0.3) is 0 Å². The van der Waals surface area contributed by atoms with Gasteiger partial charge in [-0.15, -0.1) is 0 Å². The highest BCUT2D eigenvalue weighted by molar-refractivity contribution is 5.76. The number of hydrogen-bond acceptors (Lipinski definition) is 2. The summed E-state index contributed by atoms with van der Waals surface area (Å²) >= 11 is 0. The smallest absolute Gasteiger partial charge is 0.223 e. The molecule has 2 atom stereocenters. The topological polar surface area (TPSA) is 46.3 Å². The first-order chi connectivity index (χ1) is 8.66. The van der Waals surface area contributed by atoms with Crippen LogP contribution in [0.3, 0.4) is 0 Å². The van der Waals surface area contributed by atoms with Gasteiger partial charge in [-0.25, -0.2) is 0 Å². The molecule has 18 heavy (non-hydrogen) atoms. The number of benzene rings is 1. The molecule has 3 nitrogen and oxygen atoms in total. The maximum atomic E-state index is 12.2. The summed E-state index contributed by atoms with van der Waals surface area (Å²) in [6, 6.07) is 10.7. The van der Waals surface area contributed by atoms with Crippen molar-refractivity contribution < 1.29 is 4.79 Å². The van der Waals surface area contributed by atoms with Crippen LogP contribution in [0.5, 0.6) is 0 Å². The lowest BCUT2D eigenvalue weighted by atomic mass is 9.98. The molecule has 1 saturated heterocycles. The minimum atomic E-state index is 0.262. The number of piperidine rings is 1. The van der Waals surface area contributed by atoms with E-state index >= 15 is 0 Å². The standard InChI is InChI=1S/C15H22N2O/c1-12-11-14(16)9-10-17(12)15(18)8-7-13-5-3-2-4-6-13/h2-6,12,14H,7-11,16H2,1H3. The summed E-state index contributed by atoms with van der Waals surface area (Å²) < 4.78 is 0. The van der Waals surface area contributed by atoms with Crippen LogP contribution in [0.15, 0.2) is 30.3 Å². The van der Waals surface area contributed by atoms with E-state index in [1.54, 1.807) is 0 Å². The van der Waals surface area contributed by atoms with Gasteiger partial charge in [-0.2, -0.15) is 0 Å². The minimum absolute atomic E-state index is 0.262. The lowest BCUT2D eigenvalue weighted by Gasteiger charge is -2.36. The molecule has 0 bridgehead atoms. The van der Waals surface area contributed by atoms with E-state index in [1.165, 1.54) is 5.56 Å². The van der Waals surface area contributed by atoms with Crippen molar-refractivity contribution in [2.24, 2.45) is 5.73 Å². The van der Waals surface area contributed by atoms with Gasteiger partial charge in [0.05, 0.1) is 0 Å². The van der Waals surface area contributed by atoms with Crippen LogP contribution in [0.2, 0.25) is 0 Å². The Kier molecular flexibility index (Phi) is 4.37. The van der Waals surface area contributed by atoms with Crippen molar-refractivity contribution in [1.29, 1.82) is 0 Å². The largest absolute Gasteiger partial charge is 0.340 e. The molecule has 0 radical (unpaired) electrons. The molecular formula is C15H22N2O. The molecule has 1 fully saturated rings. The van der Waals surface area contributed by atoms with Crippen LogP contribution in [0, 0.1) is 0 Å². The van der Waals surface area contributed by atoms with E-state index in [2.05, 4.69) is 19.1 Å². The van der Waals surface area contributed by atoms with Crippen molar-refractivity contribution in [2.75, 3.05) is 6.54 Å². The number of nitrogens with zero attached hydrogens (tertiary/aromatic N) is 1. The van der Waals surface area contributed by atoms with Gasteiger partial charge in [-0.05, 0) is 31.7 Å². The molecule has 1 heterocycles. The molecule has 1 aliphatic rings. The number of likely N-dealkylation sites (tertiary alicyclic amines) is 1. The first-order valence-corrected chi connectivity index (χ1v) is 6.76. The Balaban J connectivity index is 1.85. The molecule has 1 aromatic rings.